The molecule has 0 spiro atoms. The van der Waals surface area contributed by atoms with E-state index in [2.05, 4.69) is 4.98 Å². The van der Waals surface area contributed by atoms with Gasteiger partial charge in [0.25, 0.3) is 0 Å². The van der Waals surface area contributed by atoms with E-state index in [4.69, 9.17) is 4.42 Å². The molecule has 12 heavy (non-hydrogen) atoms. The van der Waals surface area contributed by atoms with E-state index in [0.29, 0.717) is 0 Å². The minimum absolute atomic E-state index is 0.972. The summed E-state index contributed by atoms with van der Waals surface area (Å²) >= 11 is 0. The molecule has 0 unspecified atom stereocenters. The quantitative estimate of drug-likeness (QED) is 0.593. The molecule has 0 bridgehead atoms. The van der Waals surface area contributed by atoms with Crippen LogP contribution in [-0.4, -0.2) is 4.98 Å². The van der Waals surface area contributed by atoms with Crippen LogP contribution in [-0.2, 0) is 0 Å². The van der Waals surface area contributed by atoms with Crippen molar-refractivity contribution in [1.82, 2.24) is 4.98 Å². The summed E-state index contributed by atoms with van der Waals surface area (Å²) < 4.78 is 5.37. The molecule has 0 N–H and O–H groups in total. The number of pyridine rings is 1. The maximum Gasteiger partial charge on any atom is 0.140 e. The van der Waals surface area contributed by atoms with E-state index in [-0.39, 0.29) is 0 Å². The highest BCUT2D eigenvalue weighted by molar-refractivity contribution is 5.82. The van der Waals surface area contributed by atoms with Crippen molar-refractivity contribution in [3.05, 3.63) is 29.3 Å². The topological polar surface area (TPSA) is 26.0 Å². The molecule has 0 fully saturated rings. The Labute approximate surface area is 71.2 Å². The van der Waals surface area contributed by atoms with Crippen LogP contribution in [0.15, 0.2) is 16.7 Å². The fourth-order valence-electron chi connectivity index (χ4n) is 1.44. The summed E-state index contributed by atoms with van der Waals surface area (Å²) in [6.45, 7) is 6.04. The summed E-state index contributed by atoms with van der Waals surface area (Å²) in [5.41, 5.74) is 4.21. The predicted octanol–water partition coefficient (Wildman–Crippen LogP) is 2.75. The molecule has 0 radical (unpaired) electrons. The molecule has 0 aliphatic carbocycles. The fraction of sp³-hybridized carbons (Fsp3) is 0.300. The second-order valence-corrected chi connectivity index (χ2v) is 3.07. The third kappa shape index (κ3) is 0.843. The number of nitrogens with zero attached hydrogens (tertiary/aromatic N) is 1. The van der Waals surface area contributed by atoms with E-state index in [0.717, 1.165) is 27.9 Å². The smallest absolute Gasteiger partial charge is 0.140 e. The summed E-state index contributed by atoms with van der Waals surface area (Å²) in [6, 6.07) is 1.96. The largest absolute Gasteiger partial charge is 0.464 e. The number of furan rings is 1. The van der Waals surface area contributed by atoms with Crippen molar-refractivity contribution in [1.29, 1.82) is 0 Å². The average Bonchev–Trinajstić information content (AvgIpc) is 2.48. The highest BCUT2D eigenvalue weighted by atomic mass is 16.3. The summed E-state index contributed by atoms with van der Waals surface area (Å²) in [6.07, 6.45) is 1.71. The van der Waals surface area contributed by atoms with Gasteiger partial charge >= 0.3 is 0 Å². The number of hydrogen-bond acceptors (Lipinski definition) is 2. The Morgan fingerprint density at radius 1 is 1.17 bits per heavy atom. The van der Waals surface area contributed by atoms with Crippen molar-refractivity contribution in [2.45, 2.75) is 20.8 Å². The maximum absolute atomic E-state index is 5.37. The molecule has 62 valence electrons. The lowest BCUT2D eigenvalue weighted by Crippen LogP contribution is -1.90. The zero-order valence-corrected chi connectivity index (χ0v) is 7.51. The number of rotatable bonds is 0. The average molecular weight is 161 g/mol. The zero-order chi connectivity index (χ0) is 8.72. The number of fused-ring (bicyclic) bond motifs is 1. The third-order valence-electron chi connectivity index (χ3n) is 2.27. The standard InChI is InChI=1S/C10H11NO/c1-6-7(2)11-8(3)9-4-5-12-10(6)9/h4-5H,1-3H3. The van der Waals surface area contributed by atoms with Crippen LogP contribution in [0.25, 0.3) is 11.0 Å². The highest BCUT2D eigenvalue weighted by Crippen LogP contribution is 2.23. The van der Waals surface area contributed by atoms with Gasteiger partial charge in [0.1, 0.15) is 5.58 Å². The Morgan fingerprint density at radius 2 is 1.92 bits per heavy atom. The molecular weight excluding hydrogens is 150 g/mol. The molecule has 2 aromatic rings. The van der Waals surface area contributed by atoms with Gasteiger partial charge in [-0.2, -0.15) is 0 Å². The molecular formula is C10H11NO. The van der Waals surface area contributed by atoms with Gasteiger partial charge in [-0.1, -0.05) is 0 Å². The van der Waals surface area contributed by atoms with E-state index in [1.54, 1.807) is 6.26 Å². The van der Waals surface area contributed by atoms with Gasteiger partial charge in [0.15, 0.2) is 0 Å². The SMILES string of the molecule is Cc1nc(C)c2ccoc2c1C. The maximum atomic E-state index is 5.37. The lowest BCUT2D eigenvalue weighted by molar-refractivity contribution is 0.612. The normalized spacial score (nSPS) is 10.9. The molecule has 0 saturated heterocycles. The van der Waals surface area contributed by atoms with E-state index in [1.165, 1.54) is 0 Å². The number of aromatic nitrogens is 1. The summed E-state index contributed by atoms with van der Waals surface area (Å²) in [5, 5.41) is 1.12. The van der Waals surface area contributed by atoms with Gasteiger partial charge in [-0.3, -0.25) is 4.98 Å². The third-order valence-corrected chi connectivity index (χ3v) is 2.27. The second-order valence-electron chi connectivity index (χ2n) is 3.07. The molecule has 2 heterocycles. The van der Waals surface area contributed by atoms with Crippen molar-refractivity contribution in [2.24, 2.45) is 0 Å². The Bertz CT molecular complexity index is 429. The van der Waals surface area contributed by atoms with Crippen LogP contribution in [0, 0.1) is 20.8 Å². The number of hydrogen-bond donors (Lipinski definition) is 0. The number of aryl methyl sites for hydroxylation is 3. The minimum Gasteiger partial charge on any atom is -0.464 e. The molecule has 2 aromatic heterocycles. The first-order chi connectivity index (χ1) is 5.70. The van der Waals surface area contributed by atoms with Crippen molar-refractivity contribution in [3.8, 4) is 0 Å². The molecule has 2 nitrogen and oxygen atoms in total. The molecule has 0 aliphatic rings. The lowest BCUT2D eigenvalue weighted by atomic mass is 10.1. The van der Waals surface area contributed by atoms with Crippen LogP contribution < -0.4 is 0 Å². The van der Waals surface area contributed by atoms with Crippen LogP contribution in [0.5, 0.6) is 0 Å². The van der Waals surface area contributed by atoms with Crippen LogP contribution in [0.2, 0.25) is 0 Å². The van der Waals surface area contributed by atoms with Gasteiger partial charge in [-0.25, -0.2) is 0 Å². The van der Waals surface area contributed by atoms with Crippen molar-refractivity contribution < 1.29 is 4.42 Å². The first-order valence-electron chi connectivity index (χ1n) is 4.01. The first kappa shape index (κ1) is 7.35. The molecule has 2 heteroatoms. The Morgan fingerprint density at radius 3 is 2.67 bits per heavy atom. The Balaban J connectivity index is 2.97. The van der Waals surface area contributed by atoms with Crippen molar-refractivity contribution in [3.63, 3.8) is 0 Å². The highest BCUT2D eigenvalue weighted by Gasteiger charge is 2.07. The first-order valence-corrected chi connectivity index (χ1v) is 4.01. The van der Waals surface area contributed by atoms with Crippen LogP contribution in [0.4, 0.5) is 0 Å². The molecule has 0 aromatic carbocycles. The van der Waals surface area contributed by atoms with Crippen LogP contribution >= 0.6 is 0 Å². The van der Waals surface area contributed by atoms with Gasteiger partial charge in [-0.15, -0.1) is 0 Å². The van der Waals surface area contributed by atoms with E-state index in [9.17, 15) is 0 Å². The summed E-state index contributed by atoms with van der Waals surface area (Å²) in [7, 11) is 0. The molecule has 2 rings (SSSR count). The van der Waals surface area contributed by atoms with Crippen molar-refractivity contribution in [2.75, 3.05) is 0 Å². The molecule has 0 atom stereocenters. The van der Waals surface area contributed by atoms with Gasteiger partial charge < -0.3 is 4.42 Å². The van der Waals surface area contributed by atoms with E-state index in [1.807, 2.05) is 26.8 Å². The monoisotopic (exact) mass is 161 g/mol. The summed E-state index contributed by atoms with van der Waals surface area (Å²) in [5.74, 6) is 0. The fourth-order valence-corrected chi connectivity index (χ4v) is 1.44. The van der Waals surface area contributed by atoms with Gasteiger partial charge in [0, 0.05) is 22.3 Å². The molecule has 0 amide bonds. The Hall–Kier alpha value is -1.31. The Kier molecular flexibility index (Phi) is 1.43. The van der Waals surface area contributed by atoms with Gasteiger partial charge in [0.05, 0.1) is 6.26 Å². The summed E-state index contributed by atoms with van der Waals surface area (Å²) in [4.78, 5) is 4.41. The van der Waals surface area contributed by atoms with E-state index >= 15 is 0 Å². The van der Waals surface area contributed by atoms with Crippen LogP contribution in [0.1, 0.15) is 17.0 Å². The second kappa shape index (κ2) is 2.34. The minimum atomic E-state index is 0.972. The predicted molar refractivity (Wildman–Crippen MR) is 48.2 cm³/mol. The van der Waals surface area contributed by atoms with Gasteiger partial charge in [0.2, 0.25) is 0 Å². The van der Waals surface area contributed by atoms with E-state index < -0.39 is 0 Å². The lowest BCUT2D eigenvalue weighted by Gasteiger charge is -2.01. The zero-order valence-electron chi connectivity index (χ0n) is 7.51. The van der Waals surface area contributed by atoms with Gasteiger partial charge in [-0.05, 0) is 26.8 Å². The molecule has 0 aliphatic heterocycles. The molecule has 0 saturated carbocycles. The van der Waals surface area contributed by atoms with Crippen molar-refractivity contribution >= 4 is 11.0 Å². The van der Waals surface area contributed by atoms with Crippen LogP contribution in [0.3, 0.4) is 0 Å².